The standard InChI is InChI=1S/C10H12BrNO3S/c11-7-3-8(16-4-7)9(13)12-5-10(14)1-2-15-6-10/h3-4,14H,1-2,5-6H2,(H,12,13)/t10-/m1/s1. The maximum Gasteiger partial charge on any atom is 0.261 e. The number of carbonyl (C=O) groups is 1. The van der Waals surface area contributed by atoms with E-state index in [0.717, 1.165) is 4.47 Å². The lowest BCUT2D eigenvalue weighted by molar-refractivity contribution is 0.0265. The molecule has 1 aromatic rings. The zero-order valence-electron chi connectivity index (χ0n) is 8.53. The van der Waals surface area contributed by atoms with Crippen LogP contribution in [0.1, 0.15) is 16.1 Å². The molecule has 0 radical (unpaired) electrons. The van der Waals surface area contributed by atoms with Gasteiger partial charge >= 0.3 is 0 Å². The monoisotopic (exact) mass is 305 g/mol. The third kappa shape index (κ3) is 2.82. The van der Waals surface area contributed by atoms with Gasteiger partial charge in [0.25, 0.3) is 5.91 Å². The van der Waals surface area contributed by atoms with Crippen LogP contribution in [0.4, 0.5) is 0 Å². The van der Waals surface area contributed by atoms with Crippen molar-refractivity contribution in [2.45, 2.75) is 12.0 Å². The first-order valence-electron chi connectivity index (χ1n) is 4.91. The first-order chi connectivity index (χ1) is 7.59. The summed E-state index contributed by atoms with van der Waals surface area (Å²) in [6, 6.07) is 1.76. The summed E-state index contributed by atoms with van der Waals surface area (Å²) in [6.07, 6.45) is 0.571. The van der Waals surface area contributed by atoms with E-state index in [-0.39, 0.29) is 12.5 Å². The molecule has 1 atom stereocenters. The van der Waals surface area contributed by atoms with Crippen LogP contribution >= 0.6 is 27.3 Å². The molecule has 2 N–H and O–H groups in total. The fourth-order valence-electron chi connectivity index (χ4n) is 1.50. The van der Waals surface area contributed by atoms with Gasteiger partial charge in [0.1, 0.15) is 5.60 Å². The summed E-state index contributed by atoms with van der Waals surface area (Å²) in [5.74, 6) is -0.156. The summed E-state index contributed by atoms with van der Waals surface area (Å²) in [7, 11) is 0. The molecule has 0 bridgehead atoms. The molecule has 1 fully saturated rings. The lowest BCUT2D eigenvalue weighted by Crippen LogP contribution is -2.43. The molecule has 1 aromatic heterocycles. The van der Waals surface area contributed by atoms with Crippen LogP contribution in [0.5, 0.6) is 0 Å². The Labute approximate surface area is 106 Å². The summed E-state index contributed by atoms with van der Waals surface area (Å²) < 4.78 is 5.99. The molecular formula is C10H12BrNO3S. The summed E-state index contributed by atoms with van der Waals surface area (Å²) in [4.78, 5) is 12.3. The van der Waals surface area contributed by atoms with Crippen LogP contribution in [-0.2, 0) is 4.74 Å². The van der Waals surface area contributed by atoms with E-state index in [0.29, 0.717) is 24.5 Å². The third-order valence-electron chi connectivity index (χ3n) is 2.45. The predicted octanol–water partition coefficient (Wildman–Crippen LogP) is 1.39. The van der Waals surface area contributed by atoms with Gasteiger partial charge in [-0.3, -0.25) is 4.79 Å². The topological polar surface area (TPSA) is 58.6 Å². The van der Waals surface area contributed by atoms with Crippen molar-refractivity contribution in [3.05, 3.63) is 20.8 Å². The van der Waals surface area contributed by atoms with Crippen LogP contribution in [0, 0.1) is 0 Å². The second kappa shape index (κ2) is 4.83. The van der Waals surface area contributed by atoms with Gasteiger partial charge in [0, 0.05) is 29.4 Å². The molecule has 4 nitrogen and oxygen atoms in total. The number of amides is 1. The van der Waals surface area contributed by atoms with Crippen LogP contribution in [0.3, 0.4) is 0 Å². The molecule has 1 aliphatic heterocycles. The summed E-state index contributed by atoms with van der Waals surface area (Å²) in [5, 5.41) is 14.5. The zero-order valence-corrected chi connectivity index (χ0v) is 10.9. The number of ether oxygens (including phenoxy) is 1. The molecule has 16 heavy (non-hydrogen) atoms. The Morgan fingerprint density at radius 1 is 1.75 bits per heavy atom. The van der Waals surface area contributed by atoms with Crippen molar-refractivity contribution in [2.75, 3.05) is 19.8 Å². The van der Waals surface area contributed by atoms with Crippen molar-refractivity contribution < 1.29 is 14.6 Å². The highest BCUT2D eigenvalue weighted by Crippen LogP contribution is 2.20. The molecule has 0 unspecified atom stereocenters. The summed E-state index contributed by atoms with van der Waals surface area (Å²) in [5.41, 5.74) is -0.899. The van der Waals surface area contributed by atoms with Gasteiger partial charge in [0.05, 0.1) is 11.5 Å². The number of nitrogens with one attached hydrogen (secondary N) is 1. The molecule has 2 rings (SSSR count). The molecule has 1 saturated heterocycles. The van der Waals surface area contributed by atoms with Gasteiger partial charge in [0.15, 0.2) is 0 Å². The van der Waals surface area contributed by atoms with Crippen molar-refractivity contribution in [2.24, 2.45) is 0 Å². The summed E-state index contributed by atoms with van der Waals surface area (Å²) >= 11 is 4.66. The van der Waals surface area contributed by atoms with Gasteiger partial charge < -0.3 is 15.2 Å². The van der Waals surface area contributed by atoms with Crippen LogP contribution in [0.15, 0.2) is 15.9 Å². The average Bonchev–Trinajstić information content (AvgIpc) is 2.85. The molecule has 88 valence electrons. The molecule has 0 aliphatic carbocycles. The number of hydrogen-bond donors (Lipinski definition) is 2. The van der Waals surface area contributed by atoms with Crippen LogP contribution < -0.4 is 5.32 Å². The van der Waals surface area contributed by atoms with E-state index in [2.05, 4.69) is 21.2 Å². The van der Waals surface area contributed by atoms with Gasteiger partial charge in [-0.2, -0.15) is 0 Å². The smallest absolute Gasteiger partial charge is 0.261 e. The third-order valence-corrected chi connectivity index (χ3v) is 4.14. The Hall–Kier alpha value is -0.430. The van der Waals surface area contributed by atoms with E-state index in [1.165, 1.54) is 11.3 Å². The van der Waals surface area contributed by atoms with Crippen molar-refractivity contribution in [3.63, 3.8) is 0 Å². The Kier molecular flexibility index (Phi) is 3.63. The van der Waals surface area contributed by atoms with E-state index in [1.807, 2.05) is 5.38 Å². The van der Waals surface area contributed by atoms with E-state index >= 15 is 0 Å². The highest BCUT2D eigenvalue weighted by Gasteiger charge is 2.32. The highest BCUT2D eigenvalue weighted by molar-refractivity contribution is 9.10. The van der Waals surface area contributed by atoms with Gasteiger partial charge in [-0.25, -0.2) is 0 Å². The van der Waals surface area contributed by atoms with Gasteiger partial charge in [-0.05, 0) is 22.0 Å². The second-order valence-corrected chi connectivity index (χ2v) is 5.67. The molecule has 0 spiro atoms. The minimum Gasteiger partial charge on any atom is -0.386 e. The van der Waals surface area contributed by atoms with Crippen molar-refractivity contribution >= 4 is 33.2 Å². The van der Waals surface area contributed by atoms with Crippen molar-refractivity contribution in [1.29, 1.82) is 0 Å². The minimum absolute atomic E-state index is 0.156. The molecule has 1 amide bonds. The zero-order chi connectivity index (χ0) is 11.6. The number of aliphatic hydroxyl groups is 1. The van der Waals surface area contributed by atoms with E-state index in [4.69, 9.17) is 4.74 Å². The quantitative estimate of drug-likeness (QED) is 0.887. The van der Waals surface area contributed by atoms with E-state index < -0.39 is 5.60 Å². The first kappa shape index (κ1) is 12.0. The van der Waals surface area contributed by atoms with Gasteiger partial charge in [-0.1, -0.05) is 0 Å². The van der Waals surface area contributed by atoms with Gasteiger partial charge in [0.2, 0.25) is 0 Å². The number of thiophene rings is 1. The van der Waals surface area contributed by atoms with Crippen molar-refractivity contribution in [3.8, 4) is 0 Å². The maximum absolute atomic E-state index is 11.7. The molecule has 2 heterocycles. The van der Waals surface area contributed by atoms with E-state index in [9.17, 15) is 9.90 Å². The Morgan fingerprint density at radius 3 is 3.12 bits per heavy atom. The molecule has 0 saturated carbocycles. The maximum atomic E-state index is 11.7. The Morgan fingerprint density at radius 2 is 2.56 bits per heavy atom. The molecule has 6 heteroatoms. The largest absolute Gasteiger partial charge is 0.386 e. The number of carbonyl (C=O) groups excluding carboxylic acids is 1. The van der Waals surface area contributed by atoms with E-state index in [1.54, 1.807) is 6.07 Å². The second-order valence-electron chi connectivity index (χ2n) is 3.84. The molecule has 1 aliphatic rings. The predicted molar refractivity (Wildman–Crippen MR) is 64.7 cm³/mol. The SMILES string of the molecule is O=C(NC[C@]1(O)CCOC1)c1cc(Br)cs1. The number of halogens is 1. The average molecular weight is 306 g/mol. The van der Waals surface area contributed by atoms with Crippen LogP contribution in [0.25, 0.3) is 0 Å². The molecule has 0 aromatic carbocycles. The number of rotatable bonds is 3. The minimum atomic E-state index is -0.899. The fourth-order valence-corrected chi connectivity index (χ4v) is 2.84. The van der Waals surface area contributed by atoms with Crippen LogP contribution in [-0.4, -0.2) is 36.4 Å². The normalized spacial score (nSPS) is 24.6. The lowest BCUT2D eigenvalue weighted by Gasteiger charge is -2.20. The number of hydrogen-bond acceptors (Lipinski definition) is 4. The first-order valence-corrected chi connectivity index (χ1v) is 6.59. The Balaban J connectivity index is 1.88. The highest BCUT2D eigenvalue weighted by atomic mass is 79.9. The van der Waals surface area contributed by atoms with Gasteiger partial charge in [-0.15, -0.1) is 11.3 Å². The molecular weight excluding hydrogens is 294 g/mol. The fraction of sp³-hybridized carbons (Fsp3) is 0.500. The van der Waals surface area contributed by atoms with Crippen molar-refractivity contribution in [1.82, 2.24) is 5.32 Å². The summed E-state index contributed by atoms with van der Waals surface area (Å²) in [6.45, 7) is 1.08. The Bertz CT molecular complexity index is 387. The lowest BCUT2D eigenvalue weighted by atomic mass is 10.0. The van der Waals surface area contributed by atoms with Crippen LogP contribution in [0.2, 0.25) is 0 Å².